The Balaban J connectivity index is 2.03. The van der Waals surface area contributed by atoms with Gasteiger partial charge in [-0.3, -0.25) is 4.79 Å². The molecule has 4 rings (SSSR count). The van der Waals surface area contributed by atoms with Crippen LogP contribution in [0.4, 0.5) is 0 Å². The molecule has 2 heterocycles. The molecule has 0 saturated heterocycles. The summed E-state index contributed by atoms with van der Waals surface area (Å²) in [4.78, 5) is 11.5. The fourth-order valence-electron chi connectivity index (χ4n) is 3.15. The lowest BCUT2D eigenvalue weighted by molar-refractivity contribution is 0.0996. The van der Waals surface area contributed by atoms with Gasteiger partial charge < -0.3 is 10.3 Å². The molecular formula is C17H15N5O. The van der Waals surface area contributed by atoms with Gasteiger partial charge in [-0.05, 0) is 25.1 Å². The molecule has 0 radical (unpaired) electrons. The molecule has 0 saturated carbocycles. The van der Waals surface area contributed by atoms with E-state index < -0.39 is 5.91 Å². The third kappa shape index (κ3) is 1.92. The third-order valence-corrected chi connectivity index (χ3v) is 4.14. The monoisotopic (exact) mass is 305 g/mol. The molecular weight excluding hydrogens is 290 g/mol. The second kappa shape index (κ2) is 4.95. The summed E-state index contributed by atoms with van der Waals surface area (Å²) in [6.45, 7) is 3.02. The Morgan fingerprint density at radius 3 is 2.70 bits per heavy atom. The van der Waals surface area contributed by atoms with Crippen LogP contribution in [0.2, 0.25) is 0 Å². The summed E-state index contributed by atoms with van der Waals surface area (Å²) in [7, 11) is 0. The lowest BCUT2D eigenvalue weighted by atomic mass is 10.1. The Bertz CT molecular complexity index is 1040. The first-order valence-corrected chi connectivity index (χ1v) is 7.42. The number of aromatic amines is 1. The number of nitrogens with one attached hydrogen (secondary N) is 1. The van der Waals surface area contributed by atoms with Crippen molar-refractivity contribution in [2.45, 2.75) is 13.5 Å². The summed E-state index contributed by atoms with van der Waals surface area (Å²) >= 11 is 0. The van der Waals surface area contributed by atoms with E-state index in [-0.39, 0.29) is 5.69 Å². The van der Waals surface area contributed by atoms with Gasteiger partial charge in [-0.2, -0.15) is 15.4 Å². The molecule has 0 aliphatic heterocycles. The zero-order valence-electron chi connectivity index (χ0n) is 12.6. The number of hydrogen-bond acceptors (Lipinski definition) is 3. The third-order valence-electron chi connectivity index (χ3n) is 4.14. The number of H-pyrrole nitrogens is 1. The van der Waals surface area contributed by atoms with Crippen molar-refractivity contribution in [3.8, 4) is 11.3 Å². The van der Waals surface area contributed by atoms with E-state index in [0.29, 0.717) is 5.69 Å². The van der Waals surface area contributed by atoms with Gasteiger partial charge in [0.2, 0.25) is 0 Å². The Morgan fingerprint density at radius 2 is 1.91 bits per heavy atom. The molecule has 0 fully saturated rings. The number of nitrogens with two attached hydrogens (primary N) is 1. The van der Waals surface area contributed by atoms with Crippen molar-refractivity contribution in [3.05, 3.63) is 48.2 Å². The van der Waals surface area contributed by atoms with Gasteiger partial charge in [0.15, 0.2) is 5.69 Å². The number of fused-ring (bicyclic) bond motifs is 3. The minimum absolute atomic E-state index is 0.156. The molecule has 6 heteroatoms. The van der Waals surface area contributed by atoms with Crippen LogP contribution in [0, 0.1) is 0 Å². The lowest BCUT2D eigenvalue weighted by Crippen LogP contribution is -2.12. The summed E-state index contributed by atoms with van der Waals surface area (Å²) in [5.74, 6) is -0.593. The van der Waals surface area contributed by atoms with Crippen molar-refractivity contribution in [1.29, 1.82) is 0 Å². The van der Waals surface area contributed by atoms with Gasteiger partial charge in [0.1, 0.15) is 5.69 Å². The first-order chi connectivity index (χ1) is 11.2. The number of rotatable bonds is 3. The lowest BCUT2D eigenvalue weighted by Gasteiger charge is -2.03. The first kappa shape index (κ1) is 13.5. The molecule has 0 atom stereocenters. The van der Waals surface area contributed by atoms with Crippen LogP contribution >= 0.6 is 0 Å². The van der Waals surface area contributed by atoms with E-state index in [1.165, 1.54) is 10.9 Å². The van der Waals surface area contributed by atoms with E-state index in [0.717, 1.165) is 23.0 Å². The summed E-state index contributed by atoms with van der Waals surface area (Å²) in [6.07, 6.45) is 0. The van der Waals surface area contributed by atoms with Crippen molar-refractivity contribution in [2.24, 2.45) is 5.73 Å². The highest BCUT2D eigenvalue weighted by Gasteiger charge is 2.17. The molecule has 0 aliphatic carbocycles. The Kier molecular flexibility index (Phi) is 2.90. The van der Waals surface area contributed by atoms with Gasteiger partial charge >= 0.3 is 0 Å². The minimum atomic E-state index is -0.593. The van der Waals surface area contributed by atoms with Gasteiger partial charge in [0, 0.05) is 33.9 Å². The smallest absolute Gasteiger partial charge is 0.271 e. The standard InChI is InChI=1S/C17H15N5O/c1-2-22-13-6-4-3-5-11(13)12-9-10(7-8-14(12)22)15-16(17(18)23)20-21-19-15/h3-9H,2H2,1H3,(H2,18,23)(H,19,20,21). The number of hydrogen-bond donors (Lipinski definition) is 2. The Morgan fingerprint density at radius 1 is 1.13 bits per heavy atom. The number of carbonyl (C=O) groups is 1. The molecule has 0 bridgehead atoms. The normalized spacial score (nSPS) is 11.3. The quantitative estimate of drug-likeness (QED) is 0.610. The number of benzene rings is 2. The topological polar surface area (TPSA) is 89.6 Å². The van der Waals surface area contributed by atoms with Crippen LogP contribution in [-0.2, 0) is 6.54 Å². The number of amides is 1. The maximum Gasteiger partial charge on any atom is 0.271 e. The highest BCUT2D eigenvalue weighted by molar-refractivity contribution is 6.09. The Labute approximate surface area is 131 Å². The molecule has 1 amide bonds. The summed E-state index contributed by atoms with van der Waals surface area (Å²) in [6, 6.07) is 14.3. The SMILES string of the molecule is CCn1c2ccccc2c2cc(-c3n[nH]nc3C(N)=O)ccc21. The van der Waals surface area contributed by atoms with Crippen molar-refractivity contribution in [3.63, 3.8) is 0 Å². The van der Waals surface area contributed by atoms with Crippen molar-refractivity contribution in [1.82, 2.24) is 20.0 Å². The molecule has 0 unspecified atom stereocenters. The van der Waals surface area contributed by atoms with Crippen LogP contribution in [0.1, 0.15) is 17.4 Å². The maximum absolute atomic E-state index is 11.5. The molecule has 3 N–H and O–H groups in total. The number of nitrogens with zero attached hydrogens (tertiary/aromatic N) is 3. The number of carbonyl (C=O) groups excluding carboxylic acids is 1. The summed E-state index contributed by atoms with van der Waals surface area (Å²) in [5, 5.41) is 12.7. The minimum Gasteiger partial charge on any atom is -0.364 e. The fourth-order valence-corrected chi connectivity index (χ4v) is 3.15. The molecule has 6 nitrogen and oxygen atoms in total. The van der Waals surface area contributed by atoms with E-state index in [9.17, 15) is 4.79 Å². The zero-order chi connectivity index (χ0) is 16.0. The highest BCUT2D eigenvalue weighted by atomic mass is 16.1. The highest BCUT2D eigenvalue weighted by Crippen LogP contribution is 2.32. The second-order valence-electron chi connectivity index (χ2n) is 5.38. The number of aromatic nitrogens is 4. The van der Waals surface area contributed by atoms with E-state index >= 15 is 0 Å². The zero-order valence-corrected chi connectivity index (χ0v) is 12.6. The number of primary amides is 1. The van der Waals surface area contributed by atoms with Crippen molar-refractivity contribution < 1.29 is 4.79 Å². The van der Waals surface area contributed by atoms with E-state index in [2.05, 4.69) is 39.0 Å². The van der Waals surface area contributed by atoms with Crippen molar-refractivity contribution in [2.75, 3.05) is 0 Å². The maximum atomic E-state index is 11.5. The molecule has 2 aromatic heterocycles. The van der Waals surface area contributed by atoms with Crippen LogP contribution in [-0.4, -0.2) is 25.9 Å². The second-order valence-corrected chi connectivity index (χ2v) is 5.38. The van der Waals surface area contributed by atoms with Crippen molar-refractivity contribution >= 4 is 27.7 Å². The van der Waals surface area contributed by atoms with E-state index in [1.807, 2.05) is 30.3 Å². The molecule has 114 valence electrons. The molecule has 23 heavy (non-hydrogen) atoms. The molecule has 0 spiro atoms. The van der Waals surface area contributed by atoms with Gasteiger partial charge in [-0.15, -0.1) is 0 Å². The van der Waals surface area contributed by atoms with Gasteiger partial charge in [-0.25, -0.2) is 0 Å². The summed E-state index contributed by atoms with van der Waals surface area (Å²) in [5.41, 5.74) is 9.16. The van der Waals surface area contributed by atoms with E-state index in [1.54, 1.807) is 0 Å². The van der Waals surface area contributed by atoms with Gasteiger partial charge in [0.25, 0.3) is 5.91 Å². The molecule has 0 aliphatic rings. The van der Waals surface area contributed by atoms with Crippen LogP contribution < -0.4 is 5.73 Å². The van der Waals surface area contributed by atoms with Crippen LogP contribution in [0.3, 0.4) is 0 Å². The average Bonchev–Trinajstić information content (AvgIpc) is 3.17. The van der Waals surface area contributed by atoms with Gasteiger partial charge in [0.05, 0.1) is 0 Å². The van der Waals surface area contributed by atoms with E-state index in [4.69, 9.17) is 5.73 Å². The molecule has 4 aromatic rings. The number of para-hydroxylation sites is 1. The largest absolute Gasteiger partial charge is 0.364 e. The predicted molar refractivity (Wildman–Crippen MR) is 89.0 cm³/mol. The van der Waals surface area contributed by atoms with Crippen LogP contribution in [0.25, 0.3) is 33.1 Å². The number of aryl methyl sites for hydroxylation is 1. The fraction of sp³-hybridized carbons (Fsp3) is 0.118. The first-order valence-electron chi connectivity index (χ1n) is 7.42. The summed E-state index contributed by atoms with van der Waals surface area (Å²) < 4.78 is 2.27. The van der Waals surface area contributed by atoms with Crippen LogP contribution in [0.5, 0.6) is 0 Å². The van der Waals surface area contributed by atoms with Gasteiger partial charge in [-0.1, -0.05) is 24.3 Å². The predicted octanol–water partition coefficient (Wildman–Crippen LogP) is 2.70. The average molecular weight is 305 g/mol. The Hall–Kier alpha value is -3.15. The molecule has 2 aromatic carbocycles. The van der Waals surface area contributed by atoms with Crippen LogP contribution in [0.15, 0.2) is 42.5 Å².